The summed E-state index contributed by atoms with van der Waals surface area (Å²) in [5.41, 5.74) is 1.42. The van der Waals surface area contributed by atoms with Crippen LogP contribution in [0.5, 0.6) is 0 Å². The third-order valence-electron chi connectivity index (χ3n) is 11.3. The van der Waals surface area contributed by atoms with Crippen LogP contribution in [0.1, 0.15) is 72.4 Å². The fraction of sp³-hybridized carbons (Fsp3) is 0.658. The van der Waals surface area contributed by atoms with E-state index in [1.54, 1.807) is 11.8 Å². The Bertz CT molecular complexity index is 1630. The van der Waals surface area contributed by atoms with E-state index in [0.29, 0.717) is 25.8 Å². The van der Waals surface area contributed by atoms with Gasteiger partial charge < -0.3 is 26.2 Å². The van der Waals surface area contributed by atoms with Crippen LogP contribution in [0.15, 0.2) is 36.9 Å². The summed E-state index contributed by atoms with van der Waals surface area (Å²) in [6.07, 6.45) is 3.34. The fourth-order valence-electron chi connectivity index (χ4n) is 7.89. The van der Waals surface area contributed by atoms with Crippen LogP contribution in [-0.4, -0.2) is 104 Å². The number of urea groups is 1. The maximum Gasteiger partial charge on any atom is 0.315 e. The Morgan fingerprint density at radius 2 is 1.65 bits per heavy atom. The first-order chi connectivity index (χ1) is 24.3. The molecule has 1 heterocycles. The number of hydrogen-bond acceptors (Lipinski definition) is 7. The van der Waals surface area contributed by atoms with Gasteiger partial charge in [0.25, 0.3) is 5.91 Å². The predicted octanol–water partition coefficient (Wildman–Crippen LogP) is 2.40. The summed E-state index contributed by atoms with van der Waals surface area (Å²) < 4.78 is 26.4. The molecule has 1 saturated carbocycles. The van der Waals surface area contributed by atoms with Crippen molar-refractivity contribution in [2.24, 2.45) is 28.6 Å². The molecular weight excluding hydrogens is 685 g/mol. The summed E-state index contributed by atoms with van der Waals surface area (Å²) in [7, 11) is -2.03. The van der Waals surface area contributed by atoms with Gasteiger partial charge in [-0.05, 0) is 65.9 Å². The van der Waals surface area contributed by atoms with Crippen molar-refractivity contribution in [3.8, 4) is 0 Å². The Morgan fingerprint density at radius 1 is 1.04 bits per heavy atom. The number of amides is 5. The molecule has 1 aliphatic heterocycles. The molecule has 288 valence electrons. The van der Waals surface area contributed by atoms with Crippen LogP contribution in [0.25, 0.3) is 0 Å². The lowest BCUT2D eigenvalue weighted by Gasteiger charge is -2.37. The van der Waals surface area contributed by atoms with E-state index in [2.05, 4.69) is 41.7 Å². The van der Waals surface area contributed by atoms with Crippen LogP contribution in [0.3, 0.4) is 0 Å². The Hall–Kier alpha value is -3.78. The van der Waals surface area contributed by atoms with Gasteiger partial charge in [0.2, 0.25) is 27.6 Å². The summed E-state index contributed by atoms with van der Waals surface area (Å²) in [5, 5.41) is 11.2. The highest BCUT2D eigenvalue weighted by Crippen LogP contribution is 2.65. The molecule has 2 fully saturated rings. The second kappa shape index (κ2) is 16.1. The van der Waals surface area contributed by atoms with Gasteiger partial charge in [0.05, 0.1) is 11.8 Å². The number of carbonyl (C=O) groups excluding carboxylic acids is 5. The minimum atomic E-state index is -3.52. The summed E-state index contributed by atoms with van der Waals surface area (Å²) in [5.74, 6) is -2.97. The number of hydrogen-bond donors (Lipinski definition) is 4. The van der Waals surface area contributed by atoms with Crippen molar-refractivity contribution in [3.63, 3.8) is 0 Å². The molecule has 14 heteroatoms. The summed E-state index contributed by atoms with van der Waals surface area (Å²) in [6, 6.07) is 3.73. The number of nitrogens with one attached hydrogen (secondary N) is 4. The second-order valence-corrected chi connectivity index (χ2v) is 18.6. The van der Waals surface area contributed by atoms with Crippen LogP contribution >= 0.6 is 0 Å². The number of likely N-dealkylation sites (tertiary alicyclic amines) is 1. The molecule has 3 aliphatic rings. The number of benzene rings is 1. The number of fused-ring (bicyclic) bond motifs is 2. The zero-order valence-corrected chi connectivity index (χ0v) is 32.8. The Labute approximate surface area is 309 Å². The number of rotatable bonds is 16. The third kappa shape index (κ3) is 8.87. The van der Waals surface area contributed by atoms with Gasteiger partial charge in [0.1, 0.15) is 12.1 Å². The van der Waals surface area contributed by atoms with Crippen molar-refractivity contribution in [2.75, 3.05) is 32.4 Å². The monoisotopic (exact) mass is 742 g/mol. The van der Waals surface area contributed by atoms with E-state index in [1.165, 1.54) is 17.4 Å². The van der Waals surface area contributed by atoms with Crippen molar-refractivity contribution in [2.45, 2.75) is 98.3 Å². The van der Waals surface area contributed by atoms with Crippen molar-refractivity contribution in [1.29, 1.82) is 0 Å². The van der Waals surface area contributed by atoms with Gasteiger partial charge in [-0.25, -0.2) is 17.5 Å². The Balaban J connectivity index is 1.61. The smallest absolute Gasteiger partial charge is 0.315 e. The van der Waals surface area contributed by atoms with Gasteiger partial charge in [-0.15, -0.1) is 6.58 Å². The van der Waals surface area contributed by atoms with Gasteiger partial charge in [-0.3, -0.25) is 19.2 Å². The summed E-state index contributed by atoms with van der Waals surface area (Å²) in [6.45, 7) is 17.3. The van der Waals surface area contributed by atoms with Gasteiger partial charge >= 0.3 is 6.03 Å². The average molecular weight is 743 g/mol. The molecule has 0 radical (unpaired) electrons. The zero-order chi connectivity index (χ0) is 38.8. The highest BCUT2D eigenvalue weighted by atomic mass is 32.2. The van der Waals surface area contributed by atoms with Gasteiger partial charge in [-0.2, -0.15) is 0 Å². The maximum atomic E-state index is 14.8. The molecule has 5 amide bonds. The van der Waals surface area contributed by atoms with E-state index >= 15 is 0 Å². The average Bonchev–Trinajstić information content (AvgIpc) is 3.44. The number of sulfonamides is 1. The van der Waals surface area contributed by atoms with Gasteiger partial charge in [0, 0.05) is 32.7 Å². The third-order valence-corrected chi connectivity index (χ3v) is 13.2. The maximum absolute atomic E-state index is 14.8. The van der Waals surface area contributed by atoms with E-state index in [4.69, 9.17) is 0 Å². The lowest BCUT2D eigenvalue weighted by Crippen LogP contribution is -2.61. The number of likely N-dealkylation sites (N-methyl/N-ethyl adjacent to an activating group) is 1. The molecule has 4 N–H and O–H groups in total. The topological polar surface area (TPSA) is 174 Å². The molecule has 1 saturated heterocycles. The number of Topliss-reactive ketones (excluding diaryl/α,β-unsaturated/α-hetero) is 1. The molecule has 6 atom stereocenters. The van der Waals surface area contributed by atoms with Crippen LogP contribution < -0.4 is 21.3 Å². The van der Waals surface area contributed by atoms with Crippen molar-refractivity contribution in [1.82, 2.24) is 30.5 Å². The molecule has 1 unspecified atom stereocenters. The fourth-order valence-corrected chi connectivity index (χ4v) is 8.71. The first kappa shape index (κ1) is 41.0. The number of piperidine rings is 1. The number of carbonyl (C=O) groups is 5. The Kier molecular flexibility index (Phi) is 12.7. The largest absolute Gasteiger partial charge is 0.346 e. The van der Waals surface area contributed by atoms with E-state index < -0.39 is 69.1 Å². The molecule has 1 aromatic rings. The highest BCUT2D eigenvalue weighted by Gasteiger charge is 2.69. The normalized spacial score (nSPS) is 22.4. The quantitative estimate of drug-likeness (QED) is 0.149. The minimum Gasteiger partial charge on any atom is -0.346 e. The van der Waals surface area contributed by atoms with Crippen molar-refractivity contribution < 1.29 is 32.4 Å². The van der Waals surface area contributed by atoms with E-state index in [1.807, 2.05) is 52.0 Å². The van der Waals surface area contributed by atoms with Gasteiger partial charge in [0.15, 0.2) is 0 Å². The zero-order valence-electron chi connectivity index (χ0n) is 32.0. The van der Waals surface area contributed by atoms with Crippen LogP contribution in [-0.2, 0) is 42.0 Å². The molecule has 0 bridgehead atoms. The molecular formula is C38H58N6O7S. The Morgan fingerprint density at radius 3 is 2.19 bits per heavy atom. The summed E-state index contributed by atoms with van der Waals surface area (Å²) >= 11 is 0. The molecule has 4 rings (SSSR count). The minimum absolute atomic E-state index is 0.0383. The molecule has 0 aromatic heterocycles. The van der Waals surface area contributed by atoms with E-state index in [-0.39, 0.29) is 48.4 Å². The van der Waals surface area contributed by atoms with E-state index in [9.17, 15) is 32.4 Å². The molecule has 0 spiro atoms. The highest BCUT2D eigenvalue weighted by molar-refractivity contribution is 7.89. The van der Waals surface area contributed by atoms with E-state index in [0.717, 1.165) is 11.1 Å². The molecule has 1 aromatic carbocycles. The second-order valence-electron chi connectivity index (χ2n) is 16.2. The summed E-state index contributed by atoms with van der Waals surface area (Å²) in [4.78, 5) is 70.0. The van der Waals surface area contributed by atoms with Crippen molar-refractivity contribution >= 4 is 39.6 Å². The number of nitrogens with zero attached hydrogens (tertiary/aromatic N) is 2. The van der Waals surface area contributed by atoms with Crippen LogP contribution in [0.4, 0.5) is 4.79 Å². The standard InChI is InChI=1S/C38H58N6O7S/c1-10-15-27(32(45)34(47)39-18-11-2)40-33(46)31-29-26(38(29,7)8)21-44(31)35(48)30(25-19-23-16-13-14-17-24(23)20-25)42-36(49)41-28(37(4,5)6)22-43(9)52(50,51)12-3/h11,13-14,16-17,25-31H,2,10,12,15,18-22H2,1,3-9H3,(H,39,47)(H,40,46)(H2,41,42,49)/t26-,27?,28+,29-,30-,31-/m0/s1. The molecule has 13 nitrogen and oxygen atoms in total. The van der Waals surface area contributed by atoms with Crippen LogP contribution in [0.2, 0.25) is 0 Å². The van der Waals surface area contributed by atoms with Gasteiger partial charge in [-0.1, -0.05) is 78.3 Å². The first-order valence-corrected chi connectivity index (χ1v) is 20.0. The number of ketones is 1. The molecule has 2 aliphatic carbocycles. The first-order valence-electron chi connectivity index (χ1n) is 18.4. The molecule has 52 heavy (non-hydrogen) atoms. The lowest BCUT2D eigenvalue weighted by atomic mass is 9.86. The predicted molar refractivity (Wildman–Crippen MR) is 199 cm³/mol. The lowest BCUT2D eigenvalue weighted by molar-refractivity contribution is -0.144. The van der Waals surface area contributed by atoms with Crippen LogP contribution in [0, 0.1) is 28.6 Å². The van der Waals surface area contributed by atoms with Crippen molar-refractivity contribution in [3.05, 3.63) is 48.0 Å². The SMILES string of the molecule is C=CCNC(=O)C(=O)C(CCC)NC(=O)[C@@H]1[C@@H]2[C@H](CN1C(=O)[C@@H](NC(=O)N[C@H](CN(C)S(=O)(=O)CC)C(C)(C)C)C1Cc3ccccc3C1)C2(C)C.